The van der Waals surface area contributed by atoms with Crippen LogP contribution in [0, 0.1) is 6.92 Å². The molecule has 0 saturated heterocycles. The number of ether oxygens (including phenoxy) is 1. The van der Waals surface area contributed by atoms with Gasteiger partial charge in [-0.3, -0.25) is 4.79 Å². The highest BCUT2D eigenvalue weighted by molar-refractivity contribution is 7.91. The van der Waals surface area contributed by atoms with Crippen LogP contribution in [0.4, 0.5) is 0 Å². The predicted molar refractivity (Wildman–Crippen MR) is 112 cm³/mol. The number of sulfone groups is 1. The van der Waals surface area contributed by atoms with Crippen LogP contribution in [0.15, 0.2) is 52.4 Å². The Labute approximate surface area is 175 Å². The molecule has 8 nitrogen and oxygen atoms in total. The first-order valence-electron chi connectivity index (χ1n) is 9.23. The van der Waals surface area contributed by atoms with Crippen molar-refractivity contribution in [2.45, 2.75) is 43.0 Å². The van der Waals surface area contributed by atoms with E-state index in [9.17, 15) is 13.2 Å². The van der Waals surface area contributed by atoms with E-state index in [4.69, 9.17) is 10.5 Å². The second kappa shape index (κ2) is 7.56. The van der Waals surface area contributed by atoms with Crippen LogP contribution in [0.3, 0.4) is 0 Å². The molecule has 0 atom stereocenters. The molecule has 158 valence electrons. The molecule has 1 amide bonds. The minimum atomic E-state index is -3.89. The van der Waals surface area contributed by atoms with Gasteiger partial charge >= 0.3 is 0 Å². The van der Waals surface area contributed by atoms with Crippen molar-refractivity contribution in [2.24, 2.45) is 5.73 Å². The third-order valence-electron chi connectivity index (χ3n) is 4.83. The third kappa shape index (κ3) is 3.80. The number of carbonyl (C=O) groups is 1. The SMILES string of the molecule is COc1ccc(C(N)=O)cc1-n1nnc(S(=O)(=O)c2ccc(C(C)(C)C)cc2)c1C. The maximum absolute atomic E-state index is 13.2. The molecule has 0 aliphatic heterocycles. The van der Waals surface area contributed by atoms with E-state index in [2.05, 4.69) is 31.1 Å². The van der Waals surface area contributed by atoms with Gasteiger partial charge in [-0.2, -0.15) is 0 Å². The number of hydrogen-bond acceptors (Lipinski definition) is 6. The van der Waals surface area contributed by atoms with E-state index in [1.165, 1.54) is 23.9 Å². The molecule has 0 spiro atoms. The van der Waals surface area contributed by atoms with Gasteiger partial charge in [0.2, 0.25) is 20.8 Å². The van der Waals surface area contributed by atoms with Crippen LogP contribution in [-0.2, 0) is 15.3 Å². The Morgan fingerprint density at radius 3 is 2.27 bits per heavy atom. The zero-order valence-electron chi connectivity index (χ0n) is 17.5. The molecule has 30 heavy (non-hydrogen) atoms. The van der Waals surface area contributed by atoms with Crippen LogP contribution in [0.2, 0.25) is 0 Å². The fraction of sp³-hybridized carbons (Fsp3) is 0.286. The molecule has 1 heterocycles. The summed E-state index contributed by atoms with van der Waals surface area (Å²) >= 11 is 0. The van der Waals surface area contributed by atoms with Gasteiger partial charge in [0, 0.05) is 5.56 Å². The van der Waals surface area contributed by atoms with E-state index in [0.717, 1.165) is 5.56 Å². The highest BCUT2D eigenvalue weighted by Gasteiger charge is 2.27. The standard InChI is InChI=1S/C21H24N4O4S/c1-13-20(30(27,28)16-9-7-15(8-10-16)21(2,3)4)23-24-25(13)17-12-14(19(22)26)6-11-18(17)29-5/h6-12H,1-5H3,(H2,22,26). The molecule has 3 aromatic rings. The Kier molecular flexibility index (Phi) is 5.42. The van der Waals surface area contributed by atoms with Crippen molar-refractivity contribution in [2.75, 3.05) is 7.11 Å². The molecule has 0 fully saturated rings. The molecule has 3 rings (SSSR count). The Hall–Kier alpha value is -3.20. The lowest BCUT2D eigenvalue weighted by molar-refractivity contribution is 0.1000. The summed E-state index contributed by atoms with van der Waals surface area (Å²) in [4.78, 5) is 11.7. The van der Waals surface area contributed by atoms with Crippen molar-refractivity contribution in [1.82, 2.24) is 15.0 Å². The van der Waals surface area contributed by atoms with Crippen LogP contribution in [0.5, 0.6) is 5.75 Å². The van der Waals surface area contributed by atoms with Gasteiger partial charge in [-0.05, 0) is 48.2 Å². The van der Waals surface area contributed by atoms with E-state index in [1.807, 2.05) is 0 Å². The van der Waals surface area contributed by atoms with E-state index in [1.54, 1.807) is 37.3 Å². The molecule has 0 unspecified atom stereocenters. The van der Waals surface area contributed by atoms with Gasteiger partial charge in [0.05, 0.1) is 17.7 Å². The highest BCUT2D eigenvalue weighted by atomic mass is 32.2. The molecule has 9 heteroatoms. The molecule has 0 bridgehead atoms. The number of primary amides is 1. The summed E-state index contributed by atoms with van der Waals surface area (Å²) in [6.45, 7) is 7.76. The Balaban J connectivity index is 2.09. The second-order valence-corrected chi connectivity index (χ2v) is 9.79. The van der Waals surface area contributed by atoms with E-state index < -0.39 is 15.7 Å². The van der Waals surface area contributed by atoms with Crippen LogP contribution in [-0.4, -0.2) is 36.4 Å². The van der Waals surface area contributed by atoms with Gasteiger partial charge in [0.1, 0.15) is 11.4 Å². The summed E-state index contributed by atoms with van der Waals surface area (Å²) in [6.07, 6.45) is 0. The largest absolute Gasteiger partial charge is 0.494 e. The van der Waals surface area contributed by atoms with Crippen LogP contribution in [0.25, 0.3) is 5.69 Å². The lowest BCUT2D eigenvalue weighted by Crippen LogP contribution is -2.13. The maximum Gasteiger partial charge on any atom is 0.248 e. The zero-order valence-corrected chi connectivity index (χ0v) is 18.3. The molecule has 0 radical (unpaired) electrons. The molecular formula is C21H24N4O4S. The number of hydrogen-bond donors (Lipinski definition) is 1. The molecular weight excluding hydrogens is 404 g/mol. The number of methoxy groups -OCH3 is 1. The highest BCUT2D eigenvalue weighted by Crippen LogP contribution is 2.29. The van der Waals surface area contributed by atoms with Crippen molar-refractivity contribution >= 4 is 15.7 Å². The van der Waals surface area contributed by atoms with Gasteiger partial charge < -0.3 is 10.5 Å². The van der Waals surface area contributed by atoms with E-state index in [-0.39, 0.29) is 26.6 Å². The molecule has 0 saturated carbocycles. The summed E-state index contributed by atoms with van der Waals surface area (Å²) in [5.74, 6) is -0.227. The van der Waals surface area contributed by atoms with Gasteiger partial charge in [-0.25, -0.2) is 13.1 Å². The number of aromatic nitrogens is 3. The van der Waals surface area contributed by atoms with E-state index >= 15 is 0 Å². The Morgan fingerprint density at radius 2 is 1.73 bits per heavy atom. The quantitative estimate of drug-likeness (QED) is 0.668. The fourth-order valence-electron chi connectivity index (χ4n) is 3.05. The first-order valence-corrected chi connectivity index (χ1v) is 10.7. The van der Waals surface area contributed by atoms with Crippen molar-refractivity contribution in [1.29, 1.82) is 0 Å². The topological polar surface area (TPSA) is 117 Å². The lowest BCUT2D eigenvalue weighted by Gasteiger charge is -2.19. The first kappa shape index (κ1) is 21.5. The number of nitrogens with two attached hydrogens (primary N) is 1. The number of amides is 1. The van der Waals surface area contributed by atoms with Crippen LogP contribution >= 0.6 is 0 Å². The number of benzene rings is 2. The van der Waals surface area contributed by atoms with Crippen LogP contribution in [0.1, 0.15) is 42.4 Å². The van der Waals surface area contributed by atoms with Gasteiger partial charge in [-0.15, -0.1) is 5.10 Å². The minimum Gasteiger partial charge on any atom is -0.494 e. The van der Waals surface area contributed by atoms with Crippen LogP contribution < -0.4 is 10.5 Å². The van der Waals surface area contributed by atoms with Crippen molar-refractivity contribution < 1.29 is 17.9 Å². The Morgan fingerprint density at radius 1 is 1.10 bits per heavy atom. The predicted octanol–water partition coefficient (Wildman–Crippen LogP) is 2.81. The molecule has 2 aromatic carbocycles. The normalized spacial score (nSPS) is 12.0. The molecule has 2 N–H and O–H groups in total. The average molecular weight is 429 g/mol. The number of nitrogens with zero attached hydrogens (tertiary/aromatic N) is 3. The maximum atomic E-state index is 13.2. The van der Waals surface area contributed by atoms with Crippen molar-refractivity contribution in [3.05, 3.63) is 59.3 Å². The molecule has 1 aromatic heterocycles. The fourth-order valence-corrected chi connectivity index (χ4v) is 4.38. The van der Waals surface area contributed by atoms with Gasteiger partial charge in [-0.1, -0.05) is 38.1 Å². The summed E-state index contributed by atoms with van der Waals surface area (Å²) in [7, 11) is -2.43. The first-order chi connectivity index (χ1) is 14.0. The summed E-state index contributed by atoms with van der Waals surface area (Å²) in [5, 5.41) is 7.74. The third-order valence-corrected chi connectivity index (χ3v) is 6.61. The average Bonchev–Trinajstić information content (AvgIpc) is 3.08. The summed E-state index contributed by atoms with van der Waals surface area (Å²) in [5.41, 5.74) is 7.18. The second-order valence-electron chi connectivity index (χ2n) is 7.92. The number of carbonyl (C=O) groups excluding carboxylic acids is 1. The minimum absolute atomic E-state index is 0.0939. The lowest BCUT2D eigenvalue weighted by atomic mass is 9.87. The smallest absolute Gasteiger partial charge is 0.248 e. The monoisotopic (exact) mass is 428 g/mol. The molecule has 0 aliphatic carbocycles. The number of rotatable bonds is 5. The van der Waals surface area contributed by atoms with Gasteiger partial charge in [0.25, 0.3) is 0 Å². The summed E-state index contributed by atoms with van der Waals surface area (Å²) < 4.78 is 33.0. The van der Waals surface area contributed by atoms with E-state index in [0.29, 0.717) is 11.4 Å². The zero-order chi connectivity index (χ0) is 22.3. The summed E-state index contributed by atoms with van der Waals surface area (Å²) in [6, 6.07) is 11.3. The van der Waals surface area contributed by atoms with Gasteiger partial charge in [0.15, 0.2) is 0 Å². The van der Waals surface area contributed by atoms with Crippen molar-refractivity contribution in [3.63, 3.8) is 0 Å². The molecule has 0 aliphatic rings. The Bertz CT molecular complexity index is 1210. The van der Waals surface area contributed by atoms with Crippen molar-refractivity contribution in [3.8, 4) is 11.4 Å².